The highest BCUT2D eigenvalue weighted by atomic mass is 32.3. The fourth-order valence-electron chi connectivity index (χ4n) is 6.11. The lowest BCUT2D eigenvalue weighted by Gasteiger charge is -2.31. The third kappa shape index (κ3) is 8.68. The van der Waals surface area contributed by atoms with E-state index in [2.05, 4.69) is 20.1 Å². The van der Waals surface area contributed by atoms with E-state index in [1.807, 2.05) is 0 Å². The second-order valence-electron chi connectivity index (χ2n) is 11.2. The topological polar surface area (TPSA) is 240 Å². The Morgan fingerprint density at radius 1 is 0.595 bits per heavy atom. The van der Waals surface area contributed by atoms with Gasteiger partial charge in [-0.05, 0) is 49.6 Å². The van der Waals surface area contributed by atoms with E-state index < -0.39 is 60.7 Å². The zero-order chi connectivity index (χ0) is 31.3. The maximum atomic E-state index is 13.3. The van der Waals surface area contributed by atoms with Gasteiger partial charge in [-0.2, -0.15) is 0 Å². The molecule has 0 aromatic rings. The van der Waals surface area contributed by atoms with Gasteiger partial charge in [0.05, 0.1) is 10.5 Å². The molecule has 0 saturated heterocycles. The minimum absolute atomic E-state index is 0.242. The van der Waals surface area contributed by atoms with Crippen LogP contribution in [-0.2, 0) is 41.8 Å². The molecular weight excluding hydrogens is 629 g/mol. The highest BCUT2D eigenvalue weighted by Crippen LogP contribution is 2.39. The molecule has 14 nitrogen and oxygen atoms in total. The Bertz CT molecular complexity index is 1140. The molecule has 42 heavy (non-hydrogen) atoms. The molecule has 4 atom stereocenters. The Hall–Kier alpha value is -1.26. The van der Waals surface area contributed by atoms with Gasteiger partial charge in [-0.25, -0.2) is 25.3 Å². The summed E-state index contributed by atoms with van der Waals surface area (Å²) in [6, 6.07) is 0. The lowest BCUT2D eigenvalue weighted by Crippen LogP contribution is -2.46. The molecule has 0 bridgehead atoms. The quantitative estimate of drug-likeness (QED) is 0.0487. The number of hydrogen-bond acceptors (Lipinski definition) is 8. The van der Waals surface area contributed by atoms with E-state index in [4.69, 9.17) is 11.1 Å². The molecule has 0 amide bonds. The van der Waals surface area contributed by atoms with Crippen LogP contribution in [0.3, 0.4) is 0 Å². The zero-order valence-corrected chi connectivity index (χ0v) is 27.2. The minimum atomic E-state index is -4.18. The van der Waals surface area contributed by atoms with Gasteiger partial charge >= 0.3 is 0 Å². The lowest BCUT2D eigenvalue weighted by molar-refractivity contribution is 0.450. The third-order valence-electron chi connectivity index (χ3n) is 8.55. The van der Waals surface area contributed by atoms with Crippen molar-refractivity contribution in [3.8, 4) is 0 Å². The Morgan fingerprint density at radius 2 is 0.881 bits per heavy atom. The first-order chi connectivity index (χ1) is 19.9. The number of unbranched alkanes of at least 4 members (excludes halogenated alkanes) is 7. The molecule has 2 aliphatic rings. The van der Waals surface area contributed by atoms with Gasteiger partial charge in [0, 0.05) is 9.82 Å². The molecule has 0 aromatic heterocycles. The smallest absolute Gasteiger partial charge is 0.250 e. The summed E-state index contributed by atoms with van der Waals surface area (Å²) < 4.78 is 92.8. The van der Waals surface area contributed by atoms with Gasteiger partial charge in [0.25, 0.3) is 0 Å². The van der Waals surface area contributed by atoms with Crippen LogP contribution in [0.25, 0.3) is 20.9 Å². The molecule has 0 aliphatic heterocycles. The Balaban J connectivity index is 1.85. The van der Waals surface area contributed by atoms with Crippen LogP contribution in [0.5, 0.6) is 0 Å². The lowest BCUT2D eigenvalue weighted by atomic mass is 10.0. The van der Waals surface area contributed by atoms with Crippen LogP contribution in [0.2, 0.25) is 0 Å². The number of sulfone groups is 2. The van der Waals surface area contributed by atoms with Crippen molar-refractivity contribution in [1.29, 1.82) is 0 Å². The fourth-order valence-corrected chi connectivity index (χ4v) is 13.5. The van der Waals surface area contributed by atoms with Gasteiger partial charge in [0.15, 0.2) is 41.8 Å². The predicted molar refractivity (Wildman–Crippen MR) is 163 cm³/mol. The second-order valence-corrected chi connectivity index (χ2v) is 19.0. The van der Waals surface area contributed by atoms with E-state index in [0.29, 0.717) is 77.0 Å². The van der Waals surface area contributed by atoms with Crippen molar-refractivity contribution in [3.05, 3.63) is 20.9 Å². The van der Waals surface area contributed by atoms with Crippen molar-refractivity contribution in [3.63, 3.8) is 0 Å². The Kier molecular flexibility index (Phi) is 15.2. The molecular formula is C24H44N6O8S4. The van der Waals surface area contributed by atoms with Crippen molar-refractivity contribution in [2.75, 3.05) is 0 Å². The highest BCUT2D eigenvalue weighted by Gasteiger charge is 2.53. The van der Waals surface area contributed by atoms with Crippen LogP contribution in [0, 0.1) is 0 Å². The summed E-state index contributed by atoms with van der Waals surface area (Å²) in [6.07, 6.45) is 10.3. The molecule has 0 heterocycles. The molecule has 2 N–H and O–H groups in total. The van der Waals surface area contributed by atoms with E-state index in [0.717, 1.165) is 25.7 Å². The van der Waals surface area contributed by atoms with Gasteiger partial charge in [0.1, 0.15) is 0 Å². The van der Waals surface area contributed by atoms with Crippen molar-refractivity contribution in [2.45, 2.75) is 147 Å². The van der Waals surface area contributed by atoms with Crippen molar-refractivity contribution >= 4 is 41.8 Å². The minimum Gasteiger partial charge on any atom is -0.305 e. The standard InChI is InChI=1S/C24H44N6O8S4/c25-29-27-23(39(31)32,41(35,36)21-15-9-7-10-16-21)19-13-5-3-1-2-4-6-14-20-24(28-30-26,40(33)34)42(37,38)22-17-11-8-12-18-22/h21-22H,1-20H2,(H,31,32)(H,33,34). The highest BCUT2D eigenvalue weighted by molar-refractivity contribution is 8.06. The second kappa shape index (κ2) is 17.3. The summed E-state index contributed by atoms with van der Waals surface area (Å²) in [7, 11) is -8.36. The first-order valence-corrected chi connectivity index (χ1v) is 20.0. The zero-order valence-electron chi connectivity index (χ0n) is 24.0. The number of nitrogens with zero attached hydrogens (tertiary/aromatic N) is 6. The largest absolute Gasteiger partial charge is 0.305 e. The molecule has 0 aromatic carbocycles. The van der Waals surface area contributed by atoms with Gasteiger partial charge in [-0.3, -0.25) is 0 Å². The number of hydrogen-bond donors (Lipinski definition) is 2. The molecule has 2 fully saturated rings. The molecule has 18 heteroatoms. The summed E-state index contributed by atoms with van der Waals surface area (Å²) in [5.41, 5.74) is 18.1. The number of rotatable bonds is 19. The SMILES string of the molecule is [N-]=[N+]=NC(CCCCCCCCCCC(N=[N+]=[N-])(S(=O)O)S(=O)(=O)C1CCCCC1)(S(=O)O)S(=O)(=O)C1CCCCC1. The summed E-state index contributed by atoms with van der Waals surface area (Å²) in [5, 5.41) is 5.18. The van der Waals surface area contributed by atoms with Gasteiger partial charge in [-0.1, -0.05) is 100 Å². The van der Waals surface area contributed by atoms with E-state index in [1.165, 1.54) is 0 Å². The molecule has 2 aliphatic carbocycles. The average Bonchev–Trinajstić information content (AvgIpc) is 2.97. The molecule has 0 spiro atoms. The van der Waals surface area contributed by atoms with Gasteiger partial charge < -0.3 is 9.11 Å². The van der Waals surface area contributed by atoms with Crippen LogP contribution in [0.1, 0.15) is 128 Å². The van der Waals surface area contributed by atoms with E-state index >= 15 is 0 Å². The Morgan fingerprint density at radius 3 is 1.14 bits per heavy atom. The molecule has 2 saturated carbocycles. The van der Waals surface area contributed by atoms with Gasteiger partial charge in [0.2, 0.25) is 8.41 Å². The van der Waals surface area contributed by atoms with Crippen LogP contribution >= 0.6 is 0 Å². The predicted octanol–water partition coefficient (Wildman–Crippen LogP) is 6.75. The van der Waals surface area contributed by atoms with Crippen LogP contribution in [0.15, 0.2) is 10.2 Å². The molecule has 2 rings (SSSR count). The van der Waals surface area contributed by atoms with Crippen molar-refractivity contribution < 1.29 is 34.4 Å². The van der Waals surface area contributed by atoms with E-state index in [9.17, 15) is 34.4 Å². The van der Waals surface area contributed by atoms with Crippen LogP contribution in [0.4, 0.5) is 0 Å². The fraction of sp³-hybridized carbons (Fsp3) is 1.00. The maximum absolute atomic E-state index is 13.3. The first kappa shape index (κ1) is 36.9. The monoisotopic (exact) mass is 672 g/mol. The van der Waals surface area contributed by atoms with Gasteiger partial charge in [-0.15, -0.1) is 0 Å². The summed E-state index contributed by atoms with van der Waals surface area (Å²) in [6.45, 7) is 0. The number of azide groups is 2. The normalized spacial score (nSPS) is 21.7. The third-order valence-corrected chi connectivity index (χ3v) is 17.5. The summed E-state index contributed by atoms with van der Waals surface area (Å²) in [5.74, 6) is 0. The Labute approximate surface area is 253 Å². The maximum Gasteiger partial charge on any atom is 0.250 e. The average molecular weight is 673 g/mol. The van der Waals surface area contributed by atoms with E-state index in [1.54, 1.807) is 0 Å². The van der Waals surface area contributed by atoms with E-state index in [-0.39, 0.29) is 25.7 Å². The molecule has 242 valence electrons. The van der Waals surface area contributed by atoms with Crippen LogP contribution < -0.4 is 0 Å². The summed E-state index contributed by atoms with van der Waals surface area (Å²) >= 11 is -5.77. The molecule has 0 radical (unpaired) electrons. The van der Waals surface area contributed by atoms with Crippen LogP contribution in [-0.4, -0.2) is 53.3 Å². The first-order valence-electron chi connectivity index (χ1n) is 14.7. The molecule has 4 unspecified atom stereocenters. The van der Waals surface area contributed by atoms with Crippen molar-refractivity contribution in [2.24, 2.45) is 10.2 Å². The van der Waals surface area contributed by atoms with Crippen molar-refractivity contribution in [1.82, 2.24) is 0 Å². The summed E-state index contributed by atoms with van der Waals surface area (Å²) in [4.78, 5) is 5.25.